The fourth-order valence-corrected chi connectivity index (χ4v) is 3.85. The molecule has 33 heavy (non-hydrogen) atoms. The summed E-state index contributed by atoms with van der Waals surface area (Å²) in [6, 6.07) is 15.6. The summed E-state index contributed by atoms with van der Waals surface area (Å²) in [7, 11) is 1.96. The Hall–Kier alpha value is -3.87. The summed E-state index contributed by atoms with van der Waals surface area (Å²) in [6.07, 6.45) is 2.46. The minimum absolute atomic E-state index is 0.000470. The Kier molecular flexibility index (Phi) is 5.80. The van der Waals surface area contributed by atoms with Crippen LogP contribution in [-0.2, 0) is 18.9 Å². The van der Waals surface area contributed by atoms with E-state index in [1.54, 1.807) is 6.07 Å². The Balaban J connectivity index is 1.67. The predicted octanol–water partition coefficient (Wildman–Crippen LogP) is 6.06. The van der Waals surface area contributed by atoms with Crippen LogP contribution in [0, 0.1) is 0 Å². The minimum Gasteiger partial charge on any atom is -0.476 e. The molecule has 0 unspecified atom stereocenters. The second-order valence-electron chi connectivity index (χ2n) is 9.01. The molecular weight excluding hydrogens is 416 g/mol. The summed E-state index contributed by atoms with van der Waals surface area (Å²) in [5.74, 6) is 0.694. The zero-order valence-electron chi connectivity index (χ0n) is 19.5. The van der Waals surface area contributed by atoms with Gasteiger partial charge in [-0.15, -0.1) is 0 Å². The number of nitrogens with zero attached hydrogens (tertiary/aromatic N) is 3. The van der Waals surface area contributed by atoms with Crippen LogP contribution in [0.2, 0.25) is 0 Å². The number of ether oxygens (including phenoxy) is 1. The molecule has 0 radical (unpaired) electrons. The molecule has 4 rings (SSSR count). The first-order valence-corrected chi connectivity index (χ1v) is 10.9. The number of carboxylic acids is 1. The van der Waals surface area contributed by atoms with Crippen LogP contribution >= 0.6 is 0 Å². The third-order valence-corrected chi connectivity index (χ3v) is 5.56. The van der Waals surface area contributed by atoms with Crippen molar-refractivity contribution in [1.29, 1.82) is 0 Å². The molecule has 0 aliphatic rings. The number of imidazole rings is 1. The van der Waals surface area contributed by atoms with Gasteiger partial charge in [0.2, 0.25) is 5.95 Å². The number of rotatable bonds is 6. The first-order chi connectivity index (χ1) is 15.7. The second kappa shape index (κ2) is 8.58. The summed E-state index contributed by atoms with van der Waals surface area (Å²) in [4.78, 5) is 20.5. The number of carboxylic acid groups (broad SMARTS) is 1. The summed E-state index contributed by atoms with van der Waals surface area (Å²) >= 11 is 0. The molecule has 2 N–H and O–H groups in total. The predicted molar refractivity (Wildman–Crippen MR) is 130 cm³/mol. The van der Waals surface area contributed by atoms with Crippen LogP contribution < -0.4 is 10.1 Å². The van der Waals surface area contributed by atoms with Gasteiger partial charge in [-0.2, -0.15) is 0 Å². The molecule has 0 bridgehead atoms. The molecule has 7 heteroatoms. The standard InChI is InChI=1S/C26H28N4O3/c1-6-16-7-9-17(10-8-16)28-25-29-19-15-18(11-12-20(19)30(25)5)33-21-13-14-27-23(24(31)32)22(21)26(2,3)4/h7-15H,6H2,1-5H3,(H,28,29)(H,31,32). The molecule has 0 saturated carbocycles. The molecule has 0 saturated heterocycles. The normalized spacial score (nSPS) is 11.5. The molecule has 2 heterocycles. The van der Waals surface area contributed by atoms with E-state index in [1.165, 1.54) is 11.8 Å². The summed E-state index contributed by atoms with van der Waals surface area (Å²) in [6.45, 7) is 7.95. The Labute approximate surface area is 193 Å². The van der Waals surface area contributed by atoms with Crippen LogP contribution in [0.4, 0.5) is 11.6 Å². The monoisotopic (exact) mass is 444 g/mol. The average molecular weight is 445 g/mol. The molecule has 4 aromatic rings. The third kappa shape index (κ3) is 4.53. The highest BCUT2D eigenvalue weighted by Gasteiger charge is 2.27. The SMILES string of the molecule is CCc1ccc(Nc2nc3cc(Oc4ccnc(C(=O)O)c4C(C)(C)C)ccc3n2C)cc1. The number of carbonyl (C=O) groups is 1. The highest BCUT2D eigenvalue weighted by atomic mass is 16.5. The van der Waals surface area contributed by atoms with Gasteiger partial charge in [0.1, 0.15) is 11.5 Å². The lowest BCUT2D eigenvalue weighted by Gasteiger charge is -2.23. The van der Waals surface area contributed by atoms with E-state index in [1.807, 2.05) is 62.7 Å². The minimum atomic E-state index is -1.08. The lowest BCUT2D eigenvalue weighted by molar-refractivity contribution is 0.0687. The van der Waals surface area contributed by atoms with Crippen molar-refractivity contribution in [3.63, 3.8) is 0 Å². The summed E-state index contributed by atoms with van der Waals surface area (Å²) in [5.41, 5.74) is 4.06. The molecule has 0 aliphatic heterocycles. The molecule has 170 valence electrons. The second-order valence-corrected chi connectivity index (χ2v) is 9.01. The molecule has 2 aromatic carbocycles. The number of anilines is 2. The maximum absolute atomic E-state index is 11.7. The van der Waals surface area contributed by atoms with Crippen molar-refractivity contribution in [3.8, 4) is 11.5 Å². The van der Waals surface area contributed by atoms with Gasteiger partial charge in [-0.3, -0.25) is 0 Å². The van der Waals surface area contributed by atoms with Crippen LogP contribution in [0.15, 0.2) is 54.7 Å². The van der Waals surface area contributed by atoms with Gasteiger partial charge in [-0.1, -0.05) is 39.8 Å². The van der Waals surface area contributed by atoms with Crippen molar-refractivity contribution in [2.24, 2.45) is 7.05 Å². The van der Waals surface area contributed by atoms with E-state index in [0.717, 1.165) is 29.1 Å². The number of aromatic carboxylic acids is 1. The van der Waals surface area contributed by atoms with Crippen LogP contribution in [0.5, 0.6) is 11.5 Å². The summed E-state index contributed by atoms with van der Waals surface area (Å²) < 4.78 is 8.14. The average Bonchev–Trinajstić information content (AvgIpc) is 3.08. The van der Waals surface area contributed by atoms with E-state index in [2.05, 4.69) is 29.4 Å². The Morgan fingerprint density at radius 2 is 1.85 bits per heavy atom. The maximum atomic E-state index is 11.7. The van der Waals surface area contributed by atoms with Crippen molar-refractivity contribution in [2.45, 2.75) is 39.5 Å². The number of aromatic nitrogens is 3. The van der Waals surface area contributed by atoms with Crippen LogP contribution in [-0.4, -0.2) is 25.6 Å². The van der Waals surface area contributed by atoms with Crippen molar-refractivity contribution < 1.29 is 14.6 Å². The van der Waals surface area contributed by atoms with Gasteiger partial charge in [0.05, 0.1) is 11.0 Å². The number of benzene rings is 2. The molecule has 0 amide bonds. The lowest BCUT2D eigenvalue weighted by Crippen LogP contribution is -2.19. The van der Waals surface area contributed by atoms with Gasteiger partial charge in [-0.05, 0) is 47.7 Å². The van der Waals surface area contributed by atoms with Gasteiger partial charge in [-0.25, -0.2) is 14.8 Å². The molecule has 0 spiro atoms. The van der Waals surface area contributed by atoms with E-state index in [9.17, 15) is 9.90 Å². The smallest absolute Gasteiger partial charge is 0.354 e. The number of nitrogens with one attached hydrogen (secondary N) is 1. The number of hydrogen-bond donors (Lipinski definition) is 2. The van der Waals surface area contributed by atoms with E-state index >= 15 is 0 Å². The highest BCUT2D eigenvalue weighted by molar-refractivity contribution is 5.88. The van der Waals surface area contributed by atoms with E-state index < -0.39 is 11.4 Å². The molecule has 0 fully saturated rings. The molecular formula is C26H28N4O3. The third-order valence-electron chi connectivity index (χ3n) is 5.56. The van der Waals surface area contributed by atoms with Crippen molar-refractivity contribution in [3.05, 3.63) is 71.5 Å². The van der Waals surface area contributed by atoms with Crippen molar-refractivity contribution >= 4 is 28.6 Å². The molecule has 0 aliphatic carbocycles. The number of pyridine rings is 1. The van der Waals surface area contributed by atoms with E-state index in [0.29, 0.717) is 17.1 Å². The quantitative estimate of drug-likeness (QED) is 0.376. The molecule has 2 aromatic heterocycles. The van der Waals surface area contributed by atoms with E-state index in [4.69, 9.17) is 9.72 Å². The van der Waals surface area contributed by atoms with E-state index in [-0.39, 0.29) is 5.69 Å². The first-order valence-electron chi connectivity index (χ1n) is 10.9. The van der Waals surface area contributed by atoms with Gasteiger partial charge < -0.3 is 19.7 Å². The van der Waals surface area contributed by atoms with Gasteiger partial charge in [0.25, 0.3) is 0 Å². The van der Waals surface area contributed by atoms with Crippen LogP contribution in [0.25, 0.3) is 11.0 Å². The Morgan fingerprint density at radius 1 is 1.12 bits per heavy atom. The zero-order valence-corrected chi connectivity index (χ0v) is 19.5. The maximum Gasteiger partial charge on any atom is 0.354 e. The Morgan fingerprint density at radius 3 is 2.48 bits per heavy atom. The van der Waals surface area contributed by atoms with Crippen LogP contribution in [0.3, 0.4) is 0 Å². The molecule has 0 atom stereocenters. The molecule has 7 nitrogen and oxygen atoms in total. The first kappa shape index (κ1) is 22.3. The topological polar surface area (TPSA) is 89.3 Å². The Bertz CT molecular complexity index is 1320. The number of hydrogen-bond acceptors (Lipinski definition) is 5. The van der Waals surface area contributed by atoms with Gasteiger partial charge in [0, 0.05) is 30.6 Å². The van der Waals surface area contributed by atoms with Crippen LogP contribution in [0.1, 0.15) is 49.3 Å². The van der Waals surface area contributed by atoms with Crippen molar-refractivity contribution in [2.75, 3.05) is 5.32 Å². The lowest BCUT2D eigenvalue weighted by atomic mass is 9.85. The number of fused-ring (bicyclic) bond motifs is 1. The number of aryl methyl sites for hydroxylation is 2. The fourth-order valence-electron chi connectivity index (χ4n) is 3.85. The highest BCUT2D eigenvalue weighted by Crippen LogP contribution is 2.37. The summed E-state index contributed by atoms with van der Waals surface area (Å²) in [5, 5.41) is 13.0. The zero-order chi connectivity index (χ0) is 23.8. The van der Waals surface area contributed by atoms with Gasteiger partial charge in [0.15, 0.2) is 5.69 Å². The van der Waals surface area contributed by atoms with Crippen molar-refractivity contribution in [1.82, 2.24) is 14.5 Å². The fraction of sp³-hybridized carbons (Fsp3) is 0.269. The van der Waals surface area contributed by atoms with Gasteiger partial charge >= 0.3 is 5.97 Å². The largest absolute Gasteiger partial charge is 0.476 e.